The Hall–Kier alpha value is -2.93. The lowest BCUT2D eigenvalue weighted by Gasteiger charge is -2.07. The maximum Gasteiger partial charge on any atom is 0.339 e. The SMILES string of the molecule is CCCc1c(C(=O)O)c(-c2ccc(C(=O)OC)cc2)nn1-c1cccc(Br)c1. The third-order valence-electron chi connectivity index (χ3n) is 4.31. The number of aromatic nitrogens is 2. The summed E-state index contributed by atoms with van der Waals surface area (Å²) < 4.78 is 7.27. The van der Waals surface area contributed by atoms with Crippen LogP contribution in [0, 0.1) is 0 Å². The molecule has 0 saturated heterocycles. The largest absolute Gasteiger partial charge is 0.478 e. The highest BCUT2D eigenvalue weighted by atomic mass is 79.9. The monoisotopic (exact) mass is 442 g/mol. The maximum atomic E-state index is 12.1. The molecular weight excluding hydrogens is 424 g/mol. The number of hydrogen-bond donors (Lipinski definition) is 1. The van der Waals surface area contributed by atoms with Crippen LogP contribution in [0.5, 0.6) is 0 Å². The Bertz CT molecular complexity index is 1030. The molecule has 0 aliphatic heterocycles. The third kappa shape index (κ3) is 3.84. The van der Waals surface area contributed by atoms with Crippen LogP contribution in [0.25, 0.3) is 16.9 Å². The van der Waals surface area contributed by atoms with Crippen LogP contribution in [0.3, 0.4) is 0 Å². The van der Waals surface area contributed by atoms with Crippen LogP contribution in [-0.2, 0) is 11.2 Å². The second kappa shape index (κ2) is 8.39. The molecule has 0 amide bonds. The minimum atomic E-state index is -1.03. The van der Waals surface area contributed by atoms with Gasteiger partial charge in [0.25, 0.3) is 0 Å². The van der Waals surface area contributed by atoms with Gasteiger partial charge in [0, 0.05) is 10.0 Å². The molecule has 1 aromatic heterocycles. The van der Waals surface area contributed by atoms with E-state index in [4.69, 9.17) is 4.74 Å². The van der Waals surface area contributed by atoms with Gasteiger partial charge in [0.15, 0.2) is 0 Å². The number of carbonyl (C=O) groups excluding carboxylic acids is 1. The van der Waals surface area contributed by atoms with Gasteiger partial charge < -0.3 is 9.84 Å². The summed E-state index contributed by atoms with van der Waals surface area (Å²) in [5.74, 6) is -1.48. The van der Waals surface area contributed by atoms with Crippen molar-refractivity contribution in [1.82, 2.24) is 9.78 Å². The van der Waals surface area contributed by atoms with E-state index in [-0.39, 0.29) is 5.56 Å². The first-order valence-electron chi connectivity index (χ1n) is 8.76. The van der Waals surface area contributed by atoms with E-state index >= 15 is 0 Å². The van der Waals surface area contributed by atoms with Crippen molar-refractivity contribution < 1.29 is 19.4 Å². The van der Waals surface area contributed by atoms with Crippen molar-refractivity contribution in [2.24, 2.45) is 0 Å². The van der Waals surface area contributed by atoms with Gasteiger partial charge in [-0.3, -0.25) is 0 Å². The molecule has 144 valence electrons. The second-order valence-corrected chi connectivity index (χ2v) is 7.10. The summed E-state index contributed by atoms with van der Waals surface area (Å²) in [6, 6.07) is 14.1. The van der Waals surface area contributed by atoms with E-state index in [0.29, 0.717) is 28.9 Å². The van der Waals surface area contributed by atoms with Crippen LogP contribution in [0.2, 0.25) is 0 Å². The Balaban J connectivity index is 2.19. The van der Waals surface area contributed by atoms with Crippen LogP contribution in [0.15, 0.2) is 53.0 Å². The lowest BCUT2D eigenvalue weighted by atomic mass is 10.0. The van der Waals surface area contributed by atoms with E-state index in [1.165, 1.54) is 7.11 Å². The van der Waals surface area contributed by atoms with Crippen LogP contribution in [-0.4, -0.2) is 33.9 Å². The van der Waals surface area contributed by atoms with Crippen molar-refractivity contribution in [3.8, 4) is 16.9 Å². The number of methoxy groups -OCH3 is 1. The molecular formula is C21H19BrN2O4. The molecule has 1 N–H and O–H groups in total. The number of carboxylic acids is 1. The number of carbonyl (C=O) groups is 2. The molecule has 1 heterocycles. The fourth-order valence-corrected chi connectivity index (χ4v) is 3.44. The summed E-state index contributed by atoms with van der Waals surface area (Å²) in [4.78, 5) is 23.7. The minimum Gasteiger partial charge on any atom is -0.478 e. The Morgan fingerprint density at radius 2 is 1.89 bits per heavy atom. The second-order valence-electron chi connectivity index (χ2n) is 6.19. The summed E-state index contributed by atoms with van der Waals surface area (Å²) in [6.07, 6.45) is 1.35. The topological polar surface area (TPSA) is 81.4 Å². The van der Waals surface area contributed by atoms with Gasteiger partial charge in [0.05, 0.1) is 24.1 Å². The summed E-state index contributed by atoms with van der Waals surface area (Å²) >= 11 is 3.45. The van der Waals surface area contributed by atoms with Crippen LogP contribution in [0.4, 0.5) is 0 Å². The molecule has 0 aliphatic carbocycles. The van der Waals surface area contributed by atoms with E-state index in [2.05, 4.69) is 21.0 Å². The molecule has 28 heavy (non-hydrogen) atoms. The van der Waals surface area contributed by atoms with Gasteiger partial charge in [-0.2, -0.15) is 5.10 Å². The summed E-state index contributed by atoms with van der Waals surface area (Å²) in [5, 5.41) is 14.5. The van der Waals surface area contributed by atoms with Gasteiger partial charge in [-0.25, -0.2) is 14.3 Å². The van der Waals surface area contributed by atoms with E-state index in [1.54, 1.807) is 28.9 Å². The smallest absolute Gasteiger partial charge is 0.339 e. The summed E-state index contributed by atoms with van der Waals surface area (Å²) in [6.45, 7) is 1.99. The van der Waals surface area contributed by atoms with Crippen LogP contribution in [0.1, 0.15) is 39.8 Å². The molecule has 3 rings (SSSR count). The Kier molecular flexibility index (Phi) is 5.94. The van der Waals surface area contributed by atoms with Crippen molar-refractivity contribution in [3.05, 3.63) is 69.8 Å². The first-order valence-corrected chi connectivity index (χ1v) is 9.55. The Labute approximate surface area is 170 Å². The predicted octanol–water partition coefficient (Wildman–Crippen LogP) is 4.74. The molecule has 7 heteroatoms. The molecule has 6 nitrogen and oxygen atoms in total. The van der Waals surface area contributed by atoms with E-state index in [0.717, 1.165) is 16.6 Å². The summed E-state index contributed by atoms with van der Waals surface area (Å²) in [7, 11) is 1.31. The molecule has 3 aromatic rings. The standard InChI is InChI=1S/C21H19BrN2O4/c1-3-5-17-18(20(25)26)19(13-8-10-14(11-9-13)21(27)28-2)23-24(17)16-7-4-6-15(22)12-16/h4,6-12H,3,5H2,1-2H3,(H,25,26). The average molecular weight is 443 g/mol. The predicted molar refractivity (Wildman–Crippen MR) is 109 cm³/mol. The van der Waals surface area contributed by atoms with Crippen LogP contribution < -0.4 is 0 Å². The van der Waals surface area contributed by atoms with E-state index in [1.807, 2.05) is 31.2 Å². The Morgan fingerprint density at radius 1 is 1.18 bits per heavy atom. The van der Waals surface area contributed by atoms with Gasteiger partial charge in [0.1, 0.15) is 11.3 Å². The lowest BCUT2D eigenvalue weighted by Crippen LogP contribution is -2.06. The quantitative estimate of drug-likeness (QED) is 0.557. The van der Waals surface area contributed by atoms with Crippen molar-refractivity contribution in [1.29, 1.82) is 0 Å². The average Bonchev–Trinajstić information content (AvgIpc) is 3.07. The summed E-state index contributed by atoms with van der Waals surface area (Å²) in [5.41, 5.74) is 2.97. The zero-order chi connectivity index (χ0) is 20.3. The first-order chi connectivity index (χ1) is 13.5. The number of aromatic carboxylic acids is 1. The molecule has 0 saturated carbocycles. The number of esters is 1. The number of nitrogens with zero attached hydrogens (tertiary/aromatic N) is 2. The molecule has 0 spiro atoms. The number of ether oxygens (including phenoxy) is 1. The highest BCUT2D eigenvalue weighted by Gasteiger charge is 2.25. The molecule has 0 bridgehead atoms. The molecule has 0 aliphatic rings. The number of halogens is 1. The zero-order valence-electron chi connectivity index (χ0n) is 15.5. The molecule has 0 radical (unpaired) electrons. The zero-order valence-corrected chi connectivity index (χ0v) is 17.1. The highest BCUT2D eigenvalue weighted by molar-refractivity contribution is 9.10. The van der Waals surface area contributed by atoms with Gasteiger partial charge >= 0.3 is 11.9 Å². The van der Waals surface area contributed by atoms with E-state index in [9.17, 15) is 14.7 Å². The van der Waals surface area contributed by atoms with E-state index < -0.39 is 11.9 Å². The lowest BCUT2D eigenvalue weighted by molar-refractivity contribution is 0.0599. The Morgan fingerprint density at radius 3 is 2.46 bits per heavy atom. The number of rotatable bonds is 6. The number of hydrogen-bond acceptors (Lipinski definition) is 4. The van der Waals surface area contributed by atoms with Gasteiger partial charge in [-0.1, -0.05) is 47.5 Å². The van der Waals surface area contributed by atoms with Crippen molar-refractivity contribution in [2.75, 3.05) is 7.11 Å². The highest BCUT2D eigenvalue weighted by Crippen LogP contribution is 2.29. The fourth-order valence-electron chi connectivity index (χ4n) is 3.05. The normalized spacial score (nSPS) is 10.7. The molecule has 0 fully saturated rings. The van der Waals surface area contributed by atoms with Crippen molar-refractivity contribution in [2.45, 2.75) is 19.8 Å². The van der Waals surface area contributed by atoms with Crippen LogP contribution >= 0.6 is 15.9 Å². The minimum absolute atomic E-state index is 0.174. The van der Waals surface area contributed by atoms with Gasteiger partial charge in [-0.05, 0) is 36.8 Å². The van der Waals surface area contributed by atoms with Gasteiger partial charge in [-0.15, -0.1) is 0 Å². The van der Waals surface area contributed by atoms with Crippen molar-refractivity contribution in [3.63, 3.8) is 0 Å². The number of carboxylic acid groups (broad SMARTS) is 1. The van der Waals surface area contributed by atoms with Crippen molar-refractivity contribution >= 4 is 27.9 Å². The maximum absolute atomic E-state index is 12.1. The molecule has 0 atom stereocenters. The number of benzene rings is 2. The third-order valence-corrected chi connectivity index (χ3v) is 4.81. The fraction of sp³-hybridized carbons (Fsp3) is 0.190. The molecule has 0 unspecified atom stereocenters. The van der Waals surface area contributed by atoms with Gasteiger partial charge in [0.2, 0.25) is 0 Å². The first kappa shape index (κ1) is 19.8. The molecule has 2 aromatic carbocycles.